The van der Waals surface area contributed by atoms with Gasteiger partial charge in [0.25, 0.3) is 0 Å². The van der Waals surface area contributed by atoms with Crippen molar-refractivity contribution in [3.8, 4) is 0 Å². The summed E-state index contributed by atoms with van der Waals surface area (Å²) in [7, 11) is -3.19. The summed E-state index contributed by atoms with van der Waals surface area (Å²) in [5, 5.41) is 0. The van der Waals surface area contributed by atoms with E-state index in [2.05, 4.69) is 0 Å². The molecule has 0 aromatic heterocycles. The van der Waals surface area contributed by atoms with Gasteiger partial charge in [0.2, 0.25) is 15.9 Å². The van der Waals surface area contributed by atoms with E-state index in [9.17, 15) is 18.0 Å². The largest absolute Gasteiger partial charge is 0.466 e. The molecule has 0 N–H and O–H groups in total. The molecule has 0 aromatic carbocycles. The summed E-state index contributed by atoms with van der Waals surface area (Å²) >= 11 is 0. The van der Waals surface area contributed by atoms with Crippen molar-refractivity contribution in [1.82, 2.24) is 9.21 Å². The van der Waals surface area contributed by atoms with Crippen molar-refractivity contribution in [2.45, 2.75) is 19.8 Å². The van der Waals surface area contributed by atoms with Crippen LogP contribution >= 0.6 is 0 Å². The highest BCUT2D eigenvalue weighted by Gasteiger charge is 2.26. The van der Waals surface area contributed by atoms with Gasteiger partial charge in [0, 0.05) is 32.6 Å². The molecule has 0 saturated carbocycles. The highest BCUT2D eigenvalue weighted by molar-refractivity contribution is 7.88. The fourth-order valence-corrected chi connectivity index (χ4v) is 2.70. The van der Waals surface area contributed by atoms with Crippen LogP contribution in [0.3, 0.4) is 0 Å². The highest BCUT2D eigenvalue weighted by Crippen LogP contribution is 2.08. The van der Waals surface area contributed by atoms with E-state index >= 15 is 0 Å². The van der Waals surface area contributed by atoms with Crippen LogP contribution in [0.2, 0.25) is 0 Å². The van der Waals surface area contributed by atoms with Crippen LogP contribution in [0.25, 0.3) is 0 Å². The van der Waals surface area contributed by atoms with Gasteiger partial charge in [-0.25, -0.2) is 8.42 Å². The summed E-state index contributed by atoms with van der Waals surface area (Å²) in [6.45, 7) is 3.38. The molecule has 1 rings (SSSR count). The Balaban J connectivity index is 2.35. The van der Waals surface area contributed by atoms with Crippen LogP contribution in [0.15, 0.2) is 0 Å². The molecule has 0 unspecified atom stereocenters. The summed E-state index contributed by atoms with van der Waals surface area (Å²) in [5.41, 5.74) is 0. The topological polar surface area (TPSA) is 84.0 Å². The van der Waals surface area contributed by atoms with Crippen LogP contribution in [-0.2, 0) is 24.3 Å². The fraction of sp³-hybridized carbons (Fsp3) is 0.818. The van der Waals surface area contributed by atoms with Gasteiger partial charge in [-0.05, 0) is 6.92 Å². The molecule has 1 saturated heterocycles. The first kappa shape index (κ1) is 15.9. The number of sulfonamides is 1. The summed E-state index contributed by atoms with van der Waals surface area (Å²) < 4.78 is 28.7. The predicted molar refractivity (Wildman–Crippen MR) is 68.9 cm³/mol. The molecule has 110 valence electrons. The van der Waals surface area contributed by atoms with E-state index < -0.39 is 10.0 Å². The molecule has 19 heavy (non-hydrogen) atoms. The molecular formula is C11H20N2O5S. The van der Waals surface area contributed by atoms with Crippen molar-refractivity contribution >= 4 is 21.9 Å². The van der Waals surface area contributed by atoms with Gasteiger partial charge in [0.1, 0.15) is 0 Å². The van der Waals surface area contributed by atoms with Gasteiger partial charge in [0.05, 0.1) is 19.3 Å². The second kappa shape index (κ2) is 6.85. The minimum absolute atomic E-state index is 0.0684. The van der Waals surface area contributed by atoms with E-state index in [0.717, 1.165) is 6.26 Å². The Kier molecular flexibility index (Phi) is 5.74. The number of rotatable bonds is 5. The van der Waals surface area contributed by atoms with Crippen LogP contribution in [0.4, 0.5) is 0 Å². The van der Waals surface area contributed by atoms with Crippen LogP contribution in [0, 0.1) is 0 Å². The quantitative estimate of drug-likeness (QED) is 0.634. The third-order valence-corrected chi connectivity index (χ3v) is 4.21. The minimum Gasteiger partial charge on any atom is -0.466 e. The lowest BCUT2D eigenvalue weighted by Crippen LogP contribution is -2.50. The zero-order valence-corrected chi connectivity index (χ0v) is 12.1. The van der Waals surface area contributed by atoms with Crippen molar-refractivity contribution < 1.29 is 22.7 Å². The van der Waals surface area contributed by atoms with E-state index in [0.29, 0.717) is 32.8 Å². The standard InChI is InChI=1S/C11H20N2O5S/c1-3-18-11(15)5-4-10(14)12-6-8-13(9-7-12)19(2,16)17/h3-9H2,1-2H3. The normalized spacial score (nSPS) is 17.3. The first-order chi connectivity index (χ1) is 8.84. The third kappa shape index (κ3) is 5.15. The molecule has 1 heterocycles. The van der Waals surface area contributed by atoms with Gasteiger partial charge < -0.3 is 9.64 Å². The van der Waals surface area contributed by atoms with Gasteiger partial charge in [-0.1, -0.05) is 0 Å². The summed E-state index contributed by atoms with van der Waals surface area (Å²) in [5.74, 6) is -0.521. The molecule has 0 bridgehead atoms. The number of hydrogen-bond acceptors (Lipinski definition) is 5. The molecule has 0 spiro atoms. The molecule has 0 radical (unpaired) electrons. The number of amides is 1. The number of ether oxygens (including phenoxy) is 1. The van der Waals surface area contributed by atoms with E-state index in [1.54, 1.807) is 11.8 Å². The molecule has 1 amide bonds. The van der Waals surface area contributed by atoms with Gasteiger partial charge >= 0.3 is 5.97 Å². The molecule has 0 aliphatic carbocycles. The maximum atomic E-state index is 11.8. The molecule has 0 atom stereocenters. The maximum absolute atomic E-state index is 11.8. The fourth-order valence-electron chi connectivity index (χ4n) is 1.87. The van der Waals surface area contributed by atoms with Crippen molar-refractivity contribution in [2.24, 2.45) is 0 Å². The number of piperazine rings is 1. The maximum Gasteiger partial charge on any atom is 0.306 e. The Morgan fingerprint density at radius 1 is 1.11 bits per heavy atom. The van der Waals surface area contributed by atoms with Crippen molar-refractivity contribution in [3.05, 3.63) is 0 Å². The number of carbonyl (C=O) groups is 2. The van der Waals surface area contributed by atoms with Gasteiger partial charge in [0.15, 0.2) is 0 Å². The van der Waals surface area contributed by atoms with E-state index in [1.807, 2.05) is 0 Å². The van der Waals surface area contributed by atoms with Crippen LogP contribution in [-0.4, -0.2) is 68.5 Å². The Morgan fingerprint density at radius 2 is 1.68 bits per heavy atom. The smallest absolute Gasteiger partial charge is 0.306 e. The molecule has 1 aliphatic heterocycles. The summed E-state index contributed by atoms with van der Waals surface area (Å²) in [4.78, 5) is 24.5. The Hall–Kier alpha value is -1.15. The molecular weight excluding hydrogens is 272 g/mol. The van der Waals surface area contributed by atoms with Crippen LogP contribution in [0.5, 0.6) is 0 Å². The molecule has 7 nitrogen and oxygen atoms in total. The average molecular weight is 292 g/mol. The second-order valence-electron chi connectivity index (χ2n) is 4.35. The molecule has 8 heteroatoms. The van der Waals surface area contributed by atoms with Crippen LogP contribution < -0.4 is 0 Å². The van der Waals surface area contributed by atoms with E-state index in [4.69, 9.17) is 4.74 Å². The lowest BCUT2D eigenvalue weighted by atomic mass is 10.2. The third-order valence-electron chi connectivity index (χ3n) is 2.91. The lowest BCUT2D eigenvalue weighted by molar-refractivity contribution is -0.145. The van der Waals surface area contributed by atoms with Gasteiger partial charge in [-0.15, -0.1) is 0 Å². The van der Waals surface area contributed by atoms with Crippen molar-refractivity contribution in [3.63, 3.8) is 0 Å². The minimum atomic E-state index is -3.19. The average Bonchev–Trinajstić information content (AvgIpc) is 2.35. The number of carbonyl (C=O) groups excluding carboxylic acids is 2. The second-order valence-corrected chi connectivity index (χ2v) is 6.33. The van der Waals surface area contributed by atoms with Crippen molar-refractivity contribution in [2.75, 3.05) is 39.0 Å². The summed E-state index contributed by atoms with van der Waals surface area (Å²) in [6, 6.07) is 0. The first-order valence-electron chi connectivity index (χ1n) is 6.23. The molecule has 1 aliphatic rings. The zero-order valence-electron chi connectivity index (χ0n) is 11.3. The van der Waals surface area contributed by atoms with Crippen LogP contribution in [0.1, 0.15) is 19.8 Å². The van der Waals surface area contributed by atoms with Gasteiger partial charge in [-0.3, -0.25) is 9.59 Å². The molecule has 1 fully saturated rings. The summed E-state index contributed by atoms with van der Waals surface area (Å²) in [6.07, 6.45) is 1.34. The Labute approximate surface area is 113 Å². The SMILES string of the molecule is CCOC(=O)CCC(=O)N1CCN(S(C)(=O)=O)CC1. The van der Waals surface area contributed by atoms with E-state index in [-0.39, 0.29) is 24.7 Å². The van der Waals surface area contributed by atoms with Gasteiger partial charge in [-0.2, -0.15) is 4.31 Å². The number of esters is 1. The predicted octanol–water partition coefficient (Wildman–Crippen LogP) is -0.566. The highest BCUT2D eigenvalue weighted by atomic mass is 32.2. The lowest BCUT2D eigenvalue weighted by Gasteiger charge is -2.33. The molecule has 0 aromatic rings. The number of hydrogen-bond donors (Lipinski definition) is 0. The monoisotopic (exact) mass is 292 g/mol. The Morgan fingerprint density at radius 3 is 2.16 bits per heavy atom. The number of nitrogens with zero attached hydrogens (tertiary/aromatic N) is 2. The zero-order chi connectivity index (χ0) is 14.5. The van der Waals surface area contributed by atoms with Crippen molar-refractivity contribution in [1.29, 1.82) is 0 Å². The first-order valence-corrected chi connectivity index (χ1v) is 8.08. The Bertz CT molecular complexity index is 426. The van der Waals surface area contributed by atoms with E-state index in [1.165, 1.54) is 4.31 Å².